The van der Waals surface area contributed by atoms with Crippen LogP contribution in [0.3, 0.4) is 0 Å². The molecule has 0 aromatic carbocycles. The Morgan fingerprint density at radius 1 is 0.875 bits per heavy atom. The van der Waals surface area contributed by atoms with Gasteiger partial charge in [0.05, 0.1) is 0 Å². The Hall–Kier alpha value is 0.544. The number of rotatable bonds is 13. The van der Waals surface area contributed by atoms with Crippen molar-refractivity contribution in [3.8, 4) is 0 Å². The summed E-state index contributed by atoms with van der Waals surface area (Å²) in [5.74, 6) is -0.506. The molecule has 0 bridgehead atoms. The summed E-state index contributed by atoms with van der Waals surface area (Å²) in [4.78, 5) is 40.8. The average Bonchev–Trinajstić information content (AvgIpc) is 2.51. The van der Waals surface area contributed by atoms with Crippen LogP contribution in [-0.4, -0.2) is 55.6 Å². The van der Waals surface area contributed by atoms with Gasteiger partial charge in [0.15, 0.2) is 0 Å². The number of carbonyl (C=O) groups excluding carboxylic acids is 4. The van der Waals surface area contributed by atoms with Gasteiger partial charge >= 0.3 is 11.9 Å². The molecule has 0 aromatic heterocycles. The fraction of sp³-hybridized carbons (Fsp3) is 0.636. The summed E-state index contributed by atoms with van der Waals surface area (Å²) in [6.45, 7) is 2.58. The van der Waals surface area contributed by atoms with Crippen LogP contribution in [0.1, 0.15) is 13.3 Å². The number of ether oxygens (including phenoxy) is 4. The van der Waals surface area contributed by atoms with Crippen LogP contribution in [0.5, 0.6) is 0 Å². The van der Waals surface area contributed by atoms with Crippen LogP contribution in [0.25, 0.3) is 0 Å². The van der Waals surface area contributed by atoms with Crippen molar-refractivity contribution in [2.75, 3.05) is 30.9 Å². The van der Waals surface area contributed by atoms with Crippen LogP contribution in [0, 0.1) is 0 Å². The summed E-state index contributed by atoms with van der Waals surface area (Å²) in [6.07, 6.45) is 1.07. The third-order valence-electron chi connectivity index (χ3n) is 1.32. The number of carbonyl (C=O) groups is 2. The molecule has 0 aliphatic carbocycles. The van der Waals surface area contributed by atoms with E-state index in [1.165, 1.54) is 62.9 Å². The van der Waals surface area contributed by atoms with Gasteiger partial charge < -0.3 is 28.5 Å². The Morgan fingerprint density at radius 3 is 1.71 bits per heavy atom. The molecule has 137 valence electrons. The fourth-order valence-electron chi connectivity index (χ4n) is 0.632. The second kappa shape index (κ2) is 25.8. The monoisotopic (exact) mass is 493 g/mol. The van der Waals surface area contributed by atoms with Gasteiger partial charge in [0.25, 0.3) is 0 Å². The van der Waals surface area contributed by atoms with Crippen molar-refractivity contribution in [2.24, 2.45) is 0 Å². The van der Waals surface area contributed by atoms with Crippen molar-refractivity contribution >= 4 is 67.9 Å². The van der Waals surface area contributed by atoms with Crippen molar-refractivity contribution in [3.63, 3.8) is 0 Å². The van der Waals surface area contributed by atoms with Crippen molar-refractivity contribution in [3.05, 3.63) is 0 Å². The first kappa shape index (κ1) is 29.3. The average molecular weight is 493 g/mol. The number of methoxy groups -OCH3 is 1. The summed E-state index contributed by atoms with van der Waals surface area (Å²) in [6, 6.07) is 0. The second-order valence-electron chi connectivity index (χ2n) is 2.87. The van der Waals surface area contributed by atoms with E-state index in [1.807, 2.05) is 0 Å². The van der Waals surface area contributed by atoms with Gasteiger partial charge in [-0.1, -0.05) is 38.9 Å². The predicted octanol–water partition coefficient (Wildman–Crippen LogP) is 1.90. The summed E-state index contributed by atoms with van der Waals surface area (Å²) in [5.41, 5.74) is 0. The zero-order valence-electron chi connectivity index (χ0n) is 13.0. The first-order valence-corrected chi connectivity index (χ1v) is 10.7. The Balaban J connectivity index is -0.00000102. The molecule has 13 heteroatoms. The standard InChI is InChI=1S/C9H13O7S4.C2H3O.Y/c1-13-4-17-19-6-15-8(11)2-9(12)16-7-20-18-5-14-3-10;1-2-3;/h2,4-7H2,1H3;1H3;/q2*-1;. The molecule has 0 saturated carbocycles. The van der Waals surface area contributed by atoms with Crippen LogP contribution < -0.4 is 0 Å². The van der Waals surface area contributed by atoms with E-state index in [1.54, 1.807) is 7.11 Å². The molecule has 0 rings (SSSR count). The molecular weight excluding hydrogens is 477 g/mol. The van der Waals surface area contributed by atoms with Crippen molar-refractivity contribution in [2.45, 2.75) is 13.3 Å². The van der Waals surface area contributed by atoms with E-state index < -0.39 is 18.4 Å². The first-order chi connectivity index (χ1) is 11.1. The molecule has 24 heavy (non-hydrogen) atoms. The van der Waals surface area contributed by atoms with Crippen molar-refractivity contribution in [1.82, 2.24) is 0 Å². The van der Waals surface area contributed by atoms with Crippen molar-refractivity contribution < 1.29 is 70.8 Å². The Kier molecular flexibility index (Phi) is 31.5. The first-order valence-electron chi connectivity index (χ1n) is 5.69. The minimum atomic E-state index is -0.666. The normalized spacial score (nSPS) is 8.75. The largest absolute Gasteiger partial charge is 0.645 e. The molecule has 8 nitrogen and oxygen atoms in total. The quantitative estimate of drug-likeness (QED) is 0.0712. The summed E-state index contributed by atoms with van der Waals surface area (Å²) in [5, 5.41) is 0. The van der Waals surface area contributed by atoms with E-state index >= 15 is 0 Å². The molecule has 0 saturated heterocycles. The molecule has 0 aliphatic heterocycles. The van der Waals surface area contributed by atoms with E-state index in [0.717, 1.165) is 0 Å². The molecule has 0 spiro atoms. The molecule has 0 amide bonds. The van der Waals surface area contributed by atoms with Crippen LogP contribution in [-0.2, 0) is 70.8 Å². The topological polar surface area (TPSA) is 105 Å². The van der Waals surface area contributed by atoms with Crippen LogP contribution in [0.15, 0.2) is 0 Å². The van der Waals surface area contributed by atoms with E-state index in [9.17, 15) is 14.4 Å². The maximum Gasteiger partial charge on any atom is 0.318 e. The maximum absolute atomic E-state index is 11.2. The number of esters is 2. The molecule has 1 radical (unpaired) electrons. The predicted molar refractivity (Wildman–Crippen MR) is 91.8 cm³/mol. The molecule has 0 heterocycles. The third kappa shape index (κ3) is 27.4. The molecule has 0 fully saturated rings. The van der Waals surface area contributed by atoms with Crippen LogP contribution in [0.2, 0.25) is 0 Å². The summed E-state index contributed by atoms with van der Waals surface area (Å²) < 4.78 is 18.6. The van der Waals surface area contributed by atoms with E-state index in [4.69, 9.17) is 19.0 Å². The van der Waals surface area contributed by atoms with Gasteiger partial charge in [-0.2, -0.15) is 6.92 Å². The van der Waals surface area contributed by atoms with Gasteiger partial charge in [-0.05, 0) is 10.8 Å². The zero-order valence-corrected chi connectivity index (χ0v) is 19.1. The van der Waals surface area contributed by atoms with E-state index in [-0.39, 0.29) is 50.5 Å². The molecule has 0 aromatic rings. The zero-order chi connectivity index (χ0) is 17.8. The van der Waals surface area contributed by atoms with Gasteiger partial charge in [0, 0.05) is 39.8 Å². The number of hydrogen-bond donors (Lipinski definition) is 0. The molecule has 0 atom stereocenters. The molecule has 0 N–H and O–H groups in total. The number of hydrogen-bond acceptors (Lipinski definition) is 12. The van der Waals surface area contributed by atoms with Crippen molar-refractivity contribution in [1.29, 1.82) is 0 Å². The van der Waals surface area contributed by atoms with Gasteiger partial charge in [0.1, 0.15) is 30.2 Å². The summed E-state index contributed by atoms with van der Waals surface area (Å²) >= 11 is 0. The van der Waals surface area contributed by atoms with Crippen LogP contribution >= 0.6 is 43.2 Å². The minimum absolute atomic E-state index is 0. The van der Waals surface area contributed by atoms with Gasteiger partial charge in [-0.15, -0.1) is 0 Å². The second-order valence-corrected chi connectivity index (χ2v) is 7.59. The molecule has 0 unspecified atom stereocenters. The minimum Gasteiger partial charge on any atom is -0.645 e. The van der Waals surface area contributed by atoms with Gasteiger partial charge in [-0.25, -0.2) is 0 Å². The fourth-order valence-corrected chi connectivity index (χ4v) is 2.99. The smallest absolute Gasteiger partial charge is 0.318 e. The van der Waals surface area contributed by atoms with Gasteiger partial charge in [0.2, 0.25) is 0 Å². The Bertz CT molecular complexity index is 335. The Labute approximate surface area is 181 Å². The molecular formula is C11H16O8S4Y-2. The van der Waals surface area contributed by atoms with Crippen LogP contribution in [0.4, 0.5) is 0 Å². The molecule has 0 aliphatic rings. The third-order valence-corrected chi connectivity index (χ3v) is 4.79. The maximum atomic E-state index is 11.2. The van der Waals surface area contributed by atoms with E-state index in [2.05, 4.69) is 4.74 Å². The summed E-state index contributed by atoms with van der Waals surface area (Å²) in [7, 11) is 6.62. The van der Waals surface area contributed by atoms with E-state index in [0.29, 0.717) is 5.94 Å². The Morgan fingerprint density at radius 2 is 1.29 bits per heavy atom. The van der Waals surface area contributed by atoms with Gasteiger partial charge in [-0.3, -0.25) is 15.9 Å². The SMILES string of the molecule is COCSSCOC(=O)CC(=O)OCSSCO[C-]=O.C[C-]=O.[Y].